The topological polar surface area (TPSA) is 172 Å². The lowest BCUT2D eigenvalue weighted by Crippen LogP contribution is -2.48. The van der Waals surface area contributed by atoms with Gasteiger partial charge in [-0.15, -0.1) is 0 Å². The van der Waals surface area contributed by atoms with Gasteiger partial charge in [0.25, 0.3) is 0 Å². The van der Waals surface area contributed by atoms with Crippen LogP contribution < -0.4 is 14.8 Å². The smallest absolute Gasteiger partial charge is 0.341 e. The number of pyridine rings is 1. The second kappa shape index (κ2) is 12.6. The number of sulfonamides is 1. The van der Waals surface area contributed by atoms with Gasteiger partial charge in [-0.25, -0.2) is 18.0 Å². The minimum Gasteiger partial charge on any atom is -0.481 e. The van der Waals surface area contributed by atoms with Gasteiger partial charge >= 0.3 is 11.9 Å². The number of ether oxygens (including phenoxy) is 1. The molecule has 0 aliphatic rings. The van der Waals surface area contributed by atoms with Gasteiger partial charge in [-0.05, 0) is 48.4 Å². The van der Waals surface area contributed by atoms with E-state index in [1.54, 1.807) is 36.5 Å². The van der Waals surface area contributed by atoms with Crippen LogP contribution in [0.2, 0.25) is 0 Å². The zero-order valence-corrected chi connectivity index (χ0v) is 20.3. The molecule has 0 aliphatic heterocycles. The van der Waals surface area contributed by atoms with E-state index in [2.05, 4.69) is 15.0 Å². The third-order valence-electron chi connectivity index (χ3n) is 5.14. The molecule has 0 saturated carbocycles. The van der Waals surface area contributed by atoms with E-state index in [1.165, 1.54) is 30.3 Å². The molecule has 0 saturated heterocycles. The number of amides is 1. The molecule has 0 unspecified atom stereocenters. The Morgan fingerprint density at radius 2 is 1.70 bits per heavy atom. The standard InChI is InChI=1S/C25H25N3O8S/c29-23(30)16-36-22-10-9-17(14-20(22)25(32)33)15-21(28-37(34,35)19-7-2-1-3-8-19)24(31)27-13-11-18-6-4-5-12-26-18/h1-10,12,14,21,28H,11,13,15-16H2,(H,27,31)(H,29,30)(H,32,33)/t21-/m0/s1. The monoisotopic (exact) mass is 527 g/mol. The Labute approximate surface area is 213 Å². The summed E-state index contributed by atoms with van der Waals surface area (Å²) >= 11 is 0. The Balaban J connectivity index is 1.82. The van der Waals surface area contributed by atoms with E-state index in [9.17, 15) is 27.9 Å². The molecule has 3 rings (SSSR count). The third-order valence-corrected chi connectivity index (χ3v) is 6.63. The fraction of sp³-hybridized carbons (Fsp3) is 0.200. The quantitative estimate of drug-likeness (QED) is 0.257. The molecule has 1 heterocycles. The Morgan fingerprint density at radius 3 is 2.35 bits per heavy atom. The summed E-state index contributed by atoms with van der Waals surface area (Å²) in [7, 11) is -4.08. The van der Waals surface area contributed by atoms with Crippen molar-refractivity contribution in [3.05, 3.63) is 89.7 Å². The Kier molecular flexibility index (Phi) is 9.30. The molecule has 12 heteroatoms. The highest BCUT2D eigenvalue weighted by Crippen LogP contribution is 2.22. The summed E-state index contributed by atoms with van der Waals surface area (Å²) in [4.78, 5) is 39.7. The number of carboxylic acids is 2. The molecule has 1 atom stereocenters. The van der Waals surface area contributed by atoms with Crippen LogP contribution in [0.1, 0.15) is 21.6 Å². The molecule has 3 aromatic rings. The van der Waals surface area contributed by atoms with E-state index < -0.39 is 40.5 Å². The molecule has 4 N–H and O–H groups in total. The number of carbonyl (C=O) groups excluding carboxylic acids is 1. The molecule has 0 spiro atoms. The Morgan fingerprint density at radius 1 is 0.973 bits per heavy atom. The number of rotatable bonds is 13. The highest BCUT2D eigenvalue weighted by molar-refractivity contribution is 7.89. The van der Waals surface area contributed by atoms with Crippen LogP contribution in [-0.4, -0.2) is 60.7 Å². The Bertz CT molecular complexity index is 1350. The summed E-state index contributed by atoms with van der Waals surface area (Å²) in [6, 6.07) is 15.5. The van der Waals surface area contributed by atoms with Crippen LogP contribution >= 0.6 is 0 Å². The number of hydrogen-bond donors (Lipinski definition) is 4. The maximum atomic E-state index is 13.0. The molecule has 0 aliphatic carbocycles. The van der Waals surface area contributed by atoms with E-state index >= 15 is 0 Å². The second-order valence-corrected chi connectivity index (χ2v) is 9.59. The number of aromatic carboxylic acids is 1. The van der Waals surface area contributed by atoms with Crippen molar-refractivity contribution in [2.45, 2.75) is 23.8 Å². The number of nitrogens with one attached hydrogen (secondary N) is 2. The summed E-state index contributed by atoms with van der Waals surface area (Å²) in [5.41, 5.74) is 0.743. The van der Waals surface area contributed by atoms with Crippen LogP contribution in [0.25, 0.3) is 0 Å². The molecule has 1 amide bonds. The minimum absolute atomic E-state index is 0.0371. The molecular weight excluding hydrogens is 502 g/mol. The normalized spacial score (nSPS) is 11.9. The fourth-order valence-electron chi connectivity index (χ4n) is 3.40. The molecule has 1 aromatic heterocycles. The number of aliphatic carboxylic acids is 1. The summed E-state index contributed by atoms with van der Waals surface area (Å²) in [5, 5.41) is 21.0. The van der Waals surface area contributed by atoms with Crippen molar-refractivity contribution in [2.24, 2.45) is 0 Å². The zero-order valence-electron chi connectivity index (χ0n) is 19.5. The highest BCUT2D eigenvalue weighted by atomic mass is 32.2. The third kappa shape index (κ3) is 8.12. The maximum Gasteiger partial charge on any atom is 0.341 e. The molecule has 0 radical (unpaired) electrons. The number of carboxylic acid groups (broad SMARTS) is 2. The largest absolute Gasteiger partial charge is 0.481 e. The summed E-state index contributed by atoms with van der Waals surface area (Å²) < 4.78 is 33.3. The number of hydrogen-bond acceptors (Lipinski definition) is 7. The van der Waals surface area contributed by atoms with Crippen LogP contribution in [0.4, 0.5) is 0 Å². The van der Waals surface area contributed by atoms with Crippen LogP contribution in [0, 0.1) is 0 Å². The molecule has 194 valence electrons. The van der Waals surface area contributed by atoms with Crippen molar-refractivity contribution < 1.29 is 37.8 Å². The number of nitrogens with zero attached hydrogens (tertiary/aromatic N) is 1. The molecule has 0 bridgehead atoms. The first-order valence-electron chi connectivity index (χ1n) is 11.1. The zero-order chi connectivity index (χ0) is 26.8. The summed E-state index contributed by atoms with van der Waals surface area (Å²) in [5.74, 6) is -3.43. The molecule has 0 fully saturated rings. The van der Waals surface area contributed by atoms with Crippen LogP contribution in [0.15, 0.2) is 77.8 Å². The molecular formula is C25H25N3O8S. The van der Waals surface area contributed by atoms with Gasteiger partial charge in [0.1, 0.15) is 17.4 Å². The number of benzene rings is 2. The van der Waals surface area contributed by atoms with Crippen molar-refractivity contribution in [3.63, 3.8) is 0 Å². The average Bonchev–Trinajstić information content (AvgIpc) is 2.88. The van der Waals surface area contributed by atoms with Gasteiger partial charge in [0.15, 0.2) is 6.61 Å². The van der Waals surface area contributed by atoms with E-state index in [4.69, 9.17) is 9.84 Å². The van der Waals surface area contributed by atoms with Crippen molar-refractivity contribution in [2.75, 3.05) is 13.2 Å². The SMILES string of the molecule is O=C(O)COc1ccc(C[C@H](NS(=O)(=O)c2ccccc2)C(=O)NCCc2ccccn2)cc1C(=O)O. The summed E-state index contributed by atoms with van der Waals surface area (Å²) in [6.07, 6.45) is 1.86. The number of carbonyl (C=O) groups is 3. The van der Waals surface area contributed by atoms with Crippen molar-refractivity contribution >= 4 is 27.9 Å². The van der Waals surface area contributed by atoms with Crippen LogP contribution in [0.5, 0.6) is 5.75 Å². The van der Waals surface area contributed by atoms with Crippen LogP contribution in [-0.2, 0) is 32.5 Å². The van der Waals surface area contributed by atoms with Gasteiger partial charge in [0.2, 0.25) is 15.9 Å². The summed E-state index contributed by atoms with van der Waals surface area (Å²) in [6.45, 7) is -0.542. The van der Waals surface area contributed by atoms with E-state index in [0.717, 1.165) is 5.69 Å². The van der Waals surface area contributed by atoms with Gasteiger partial charge in [-0.3, -0.25) is 9.78 Å². The van der Waals surface area contributed by atoms with Gasteiger partial charge in [-0.1, -0.05) is 30.3 Å². The predicted octanol–water partition coefficient (Wildman–Crippen LogP) is 1.49. The molecule has 11 nitrogen and oxygen atoms in total. The lowest BCUT2D eigenvalue weighted by Gasteiger charge is -2.19. The first-order chi connectivity index (χ1) is 17.7. The van der Waals surface area contributed by atoms with Crippen molar-refractivity contribution in [1.29, 1.82) is 0 Å². The second-order valence-electron chi connectivity index (χ2n) is 7.87. The van der Waals surface area contributed by atoms with Gasteiger partial charge in [0, 0.05) is 24.9 Å². The fourth-order valence-corrected chi connectivity index (χ4v) is 4.61. The predicted molar refractivity (Wildman–Crippen MR) is 132 cm³/mol. The van der Waals surface area contributed by atoms with Gasteiger partial charge < -0.3 is 20.3 Å². The van der Waals surface area contributed by atoms with E-state index in [-0.39, 0.29) is 29.2 Å². The highest BCUT2D eigenvalue weighted by Gasteiger charge is 2.27. The van der Waals surface area contributed by atoms with Crippen molar-refractivity contribution in [1.82, 2.24) is 15.0 Å². The minimum atomic E-state index is -4.08. The number of aromatic nitrogens is 1. The average molecular weight is 528 g/mol. The van der Waals surface area contributed by atoms with Gasteiger partial charge in [-0.2, -0.15) is 4.72 Å². The Hall–Kier alpha value is -4.29. The van der Waals surface area contributed by atoms with Crippen molar-refractivity contribution in [3.8, 4) is 5.75 Å². The first kappa shape index (κ1) is 27.3. The van der Waals surface area contributed by atoms with Gasteiger partial charge in [0.05, 0.1) is 4.90 Å². The molecule has 2 aromatic carbocycles. The lowest BCUT2D eigenvalue weighted by atomic mass is 10.0. The lowest BCUT2D eigenvalue weighted by molar-refractivity contribution is -0.139. The van der Waals surface area contributed by atoms with E-state index in [1.807, 2.05) is 6.07 Å². The van der Waals surface area contributed by atoms with Crippen LogP contribution in [0.3, 0.4) is 0 Å². The molecule has 37 heavy (non-hydrogen) atoms. The maximum absolute atomic E-state index is 13.0. The van der Waals surface area contributed by atoms with E-state index in [0.29, 0.717) is 12.0 Å². The first-order valence-corrected chi connectivity index (χ1v) is 12.6.